The van der Waals surface area contributed by atoms with Crippen LogP contribution in [0.1, 0.15) is 73.6 Å². The van der Waals surface area contributed by atoms with Gasteiger partial charge in [-0.05, 0) is 37.0 Å². The van der Waals surface area contributed by atoms with Crippen LogP contribution in [0.4, 0.5) is 0 Å². The summed E-state index contributed by atoms with van der Waals surface area (Å²) in [6.45, 7) is 7.34. The molecule has 1 aromatic carbocycles. The van der Waals surface area contributed by atoms with Gasteiger partial charge in [0.1, 0.15) is 0 Å². The third kappa shape index (κ3) is 6.85. The number of amides is 1. The van der Waals surface area contributed by atoms with Gasteiger partial charge in [0, 0.05) is 12.1 Å². The number of hydrogen-bond donors (Lipinski definition) is 1. The number of carbonyl (C=O) groups is 2. The Kier molecular flexibility index (Phi) is 9.03. The van der Waals surface area contributed by atoms with Crippen LogP contribution in [0, 0.1) is 5.92 Å². The van der Waals surface area contributed by atoms with Gasteiger partial charge in [-0.15, -0.1) is 0 Å². The summed E-state index contributed by atoms with van der Waals surface area (Å²) >= 11 is 0. The second-order valence-electron chi connectivity index (χ2n) is 5.84. The fraction of sp³-hybridized carbons (Fsp3) is 0.579. The Labute approximate surface area is 139 Å². The standard InChI is InChI=1S/C19H29NO3/c1-4-7-9-15(6-3)14-20-18(21)16-10-8-11-17(13-16)19(22)23-12-5-2/h8,10-11,13,15H,4-7,9,12,14H2,1-3H3,(H,20,21). The van der Waals surface area contributed by atoms with Gasteiger partial charge in [0.25, 0.3) is 5.91 Å². The first kappa shape index (κ1) is 19.2. The molecule has 4 heteroatoms. The molecule has 1 rings (SSSR count). The maximum atomic E-state index is 12.3. The number of carbonyl (C=O) groups excluding carboxylic acids is 2. The number of ether oxygens (including phenoxy) is 1. The van der Waals surface area contributed by atoms with Crippen molar-refractivity contribution in [2.24, 2.45) is 5.92 Å². The van der Waals surface area contributed by atoms with E-state index in [1.807, 2.05) is 6.92 Å². The van der Waals surface area contributed by atoms with Crippen molar-refractivity contribution < 1.29 is 14.3 Å². The van der Waals surface area contributed by atoms with Gasteiger partial charge in [0.2, 0.25) is 0 Å². The van der Waals surface area contributed by atoms with Gasteiger partial charge in [0.15, 0.2) is 0 Å². The highest BCUT2D eigenvalue weighted by Gasteiger charge is 2.13. The Morgan fingerprint density at radius 1 is 1.13 bits per heavy atom. The quantitative estimate of drug-likeness (QED) is 0.658. The van der Waals surface area contributed by atoms with Crippen molar-refractivity contribution in [3.8, 4) is 0 Å². The first-order chi connectivity index (χ1) is 11.1. The van der Waals surface area contributed by atoms with Crippen LogP contribution in [0.25, 0.3) is 0 Å². The molecule has 0 aromatic heterocycles. The van der Waals surface area contributed by atoms with Gasteiger partial charge in [-0.1, -0.05) is 46.1 Å². The number of nitrogens with one attached hydrogen (secondary N) is 1. The van der Waals surface area contributed by atoms with Gasteiger partial charge in [0.05, 0.1) is 12.2 Å². The molecule has 23 heavy (non-hydrogen) atoms. The lowest BCUT2D eigenvalue weighted by Crippen LogP contribution is -2.29. The van der Waals surface area contributed by atoms with E-state index in [9.17, 15) is 9.59 Å². The monoisotopic (exact) mass is 319 g/mol. The van der Waals surface area contributed by atoms with Crippen LogP contribution in [-0.4, -0.2) is 25.0 Å². The van der Waals surface area contributed by atoms with Crippen molar-refractivity contribution in [2.75, 3.05) is 13.2 Å². The Balaban J connectivity index is 2.60. The van der Waals surface area contributed by atoms with Crippen LogP contribution in [0.15, 0.2) is 24.3 Å². The summed E-state index contributed by atoms with van der Waals surface area (Å²) in [5.74, 6) is -0.00225. The molecule has 1 N–H and O–H groups in total. The van der Waals surface area contributed by atoms with Crippen LogP contribution in [0.2, 0.25) is 0 Å². The molecule has 1 atom stereocenters. The van der Waals surface area contributed by atoms with Crippen LogP contribution in [0.3, 0.4) is 0 Å². The molecular formula is C19H29NO3. The van der Waals surface area contributed by atoms with E-state index in [0.29, 0.717) is 30.2 Å². The van der Waals surface area contributed by atoms with Crippen molar-refractivity contribution >= 4 is 11.9 Å². The molecule has 0 fully saturated rings. The number of unbranched alkanes of at least 4 members (excludes halogenated alkanes) is 1. The Hall–Kier alpha value is -1.84. The van der Waals surface area contributed by atoms with Crippen LogP contribution >= 0.6 is 0 Å². The fourth-order valence-corrected chi connectivity index (χ4v) is 2.35. The predicted octanol–water partition coefficient (Wildman–Crippen LogP) is 4.20. The summed E-state index contributed by atoms with van der Waals surface area (Å²) in [5.41, 5.74) is 0.922. The van der Waals surface area contributed by atoms with Gasteiger partial charge in [-0.25, -0.2) is 4.79 Å². The maximum Gasteiger partial charge on any atom is 0.338 e. The summed E-state index contributed by atoms with van der Waals surface area (Å²) in [5, 5.41) is 2.98. The van der Waals surface area contributed by atoms with E-state index in [-0.39, 0.29) is 11.9 Å². The van der Waals surface area contributed by atoms with Crippen molar-refractivity contribution in [3.05, 3.63) is 35.4 Å². The van der Waals surface area contributed by atoms with Gasteiger partial charge in [-0.3, -0.25) is 4.79 Å². The molecule has 0 saturated carbocycles. The van der Waals surface area contributed by atoms with E-state index >= 15 is 0 Å². The lowest BCUT2D eigenvalue weighted by molar-refractivity contribution is 0.0505. The first-order valence-electron chi connectivity index (χ1n) is 8.67. The predicted molar refractivity (Wildman–Crippen MR) is 92.7 cm³/mol. The molecule has 128 valence electrons. The molecule has 1 unspecified atom stereocenters. The largest absolute Gasteiger partial charge is 0.462 e. The first-order valence-corrected chi connectivity index (χ1v) is 8.67. The lowest BCUT2D eigenvalue weighted by Gasteiger charge is -2.15. The molecule has 0 aliphatic rings. The Bertz CT molecular complexity index is 499. The zero-order valence-corrected chi connectivity index (χ0v) is 14.6. The zero-order valence-electron chi connectivity index (χ0n) is 14.6. The average molecular weight is 319 g/mol. The molecule has 0 spiro atoms. The fourth-order valence-electron chi connectivity index (χ4n) is 2.35. The van der Waals surface area contributed by atoms with E-state index in [4.69, 9.17) is 4.74 Å². The highest BCUT2D eigenvalue weighted by molar-refractivity contribution is 5.97. The molecule has 0 aliphatic carbocycles. The van der Waals surface area contributed by atoms with Crippen molar-refractivity contribution in [3.63, 3.8) is 0 Å². The summed E-state index contributed by atoms with van der Waals surface area (Å²) in [6.07, 6.45) is 5.34. The molecule has 4 nitrogen and oxygen atoms in total. The van der Waals surface area contributed by atoms with Gasteiger partial charge in [-0.2, -0.15) is 0 Å². The molecule has 0 heterocycles. The molecule has 1 amide bonds. The van der Waals surface area contributed by atoms with Crippen LogP contribution < -0.4 is 5.32 Å². The average Bonchev–Trinajstić information content (AvgIpc) is 2.59. The van der Waals surface area contributed by atoms with E-state index in [1.165, 1.54) is 12.8 Å². The summed E-state index contributed by atoms with van der Waals surface area (Å²) in [7, 11) is 0. The molecular weight excluding hydrogens is 290 g/mol. The second kappa shape index (κ2) is 10.8. The topological polar surface area (TPSA) is 55.4 Å². The number of benzene rings is 1. The smallest absolute Gasteiger partial charge is 0.338 e. The lowest BCUT2D eigenvalue weighted by atomic mass is 9.99. The van der Waals surface area contributed by atoms with E-state index < -0.39 is 0 Å². The molecule has 1 aromatic rings. The van der Waals surface area contributed by atoms with Gasteiger partial charge >= 0.3 is 5.97 Å². The third-order valence-corrected chi connectivity index (χ3v) is 3.89. The Morgan fingerprint density at radius 2 is 1.87 bits per heavy atom. The Morgan fingerprint density at radius 3 is 2.52 bits per heavy atom. The van der Waals surface area contributed by atoms with Crippen molar-refractivity contribution in [1.29, 1.82) is 0 Å². The van der Waals surface area contributed by atoms with Gasteiger partial charge < -0.3 is 10.1 Å². The normalized spacial score (nSPS) is 11.8. The van der Waals surface area contributed by atoms with Crippen molar-refractivity contribution in [1.82, 2.24) is 5.32 Å². The van der Waals surface area contributed by atoms with Crippen LogP contribution in [-0.2, 0) is 4.74 Å². The molecule has 0 radical (unpaired) electrons. The van der Waals surface area contributed by atoms with E-state index in [0.717, 1.165) is 19.3 Å². The highest BCUT2D eigenvalue weighted by Crippen LogP contribution is 2.12. The minimum absolute atomic E-state index is 0.134. The maximum absolute atomic E-state index is 12.3. The SMILES string of the molecule is CCCCC(CC)CNC(=O)c1cccc(C(=O)OCCC)c1. The minimum atomic E-state index is -0.379. The third-order valence-electron chi connectivity index (χ3n) is 3.89. The zero-order chi connectivity index (χ0) is 17.1. The highest BCUT2D eigenvalue weighted by atomic mass is 16.5. The molecule has 0 saturated heterocycles. The second-order valence-corrected chi connectivity index (χ2v) is 5.84. The summed E-state index contributed by atoms with van der Waals surface area (Å²) < 4.78 is 5.10. The van der Waals surface area contributed by atoms with Crippen LogP contribution in [0.5, 0.6) is 0 Å². The molecule has 0 bridgehead atoms. The number of esters is 1. The van der Waals surface area contributed by atoms with Crippen molar-refractivity contribution in [2.45, 2.75) is 52.9 Å². The summed E-state index contributed by atoms with van der Waals surface area (Å²) in [6, 6.07) is 6.70. The summed E-state index contributed by atoms with van der Waals surface area (Å²) in [4.78, 5) is 24.1. The number of hydrogen-bond acceptors (Lipinski definition) is 3. The van der Waals surface area contributed by atoms with E-state index in [2.05, 4.69) is 19.2 Å². The number of rotatable bonds is 10. The van der Waals surface area contributed by atoms with E-state index in [1.54, 1.807) is 24.3 Å². The minimum Gasteiger partial charge on any atom is -0.462 e. The molecule has 0 aliphatic heterocycles.